The van der Waals surface area contributed by atoms with E-state index >= 15 is 0 Å². The van der Waals surface area contributed by atoms with E-state index in [1.807, 2.05) is 0 Å². The number of ether oxygens (including phenoxy) is 1. The normalized spacial score (nSPS) is 30.0. The maximum atomic E-state index is 12.2. The summed E-state index contributed by atoms with van der Waals surface area (Å²) in [5, 5.41) is 2.84. The van der Waals surface area contributed by atoms with E-state index in [1.165, 1.54) is 0 Å². The standard InChI is InChI=1S/C15H27N3O3/c1-12-3-2-5-15(16,11-12)14(20)17-6-4-13(19)18-7-9-21-10-8-18/h12H,2-11,16H2,1H3,(H,17,20). The second kappa shape index (κ2) is 7.22. The van der Waals surface area contributed by atoms with Crippen molar-refractivity contribution in [2.45, 2.75) is 44.6 Å². The molecule has 2 unspecified atom stereocenters. The number of amides is 2. The van der Waals surface area contributed by atoms with Gasteiger partial charge in [0.15, 0.2) is 0 Å². The van der Waals surface area contributed by atoms with Crippen molar-refractivity contribution in [3.8, 4) is 0 Å². The third-order valence-electron chi connectivity index (χ3n) is 4.47. The van der Waals surface area contributed by atoms with E-state index in [2.05, 4.69) is 12.2 Å². The first kappa shape index (κ1) is 16.2. The summed E-state index contributed by atoms with van der Waals surface area (Å²) in [6.07, 6.45) is 3.94. The van der Waals surface area contributed by atoms with E-state index in [1.54, 1.807) is 4.90 Å². The molecule has 6 nitrogen and oxygen atoms in total. The van der Waals surface area contributed by atoms with Crippen molar-refractivity contribution in [3.05, 3.63) is 0 Å². The van der Waals surface area contributed by atoms with E-state index in [0.29, 0.717) is 45.2 Å². The minimum absolute atomic E-state index is 0.0710. The van der Waals surface area contributed by atoms with Crippen LogP contribution in [0.5, 0.6) is 0 Å². The van der Waals surface area contributed by atoms with Crippen LogP contribution >= 0.6 is 0 Å². The fraction of sp³-hybridized carbons (Fsp3) is 0.867. The number of hydrogen-bond acceptors (Lipinski definition) is 4. The molecule has 2 amide bonds. The number of nitrogens with two attached hydrogens (primary N) is 1. The fourth-order valence-electron chi connectivity index (χ4n) is 3.23. The van der Waals surface area contributed by atoms with Gasteiger partial charge in [0, 0.05) is 26.1 Å². The molecule has 0 aromatic rings. The van der Waals surface area contributed by atoms with E-state index in [4.69, 9.17) is 10.5 Å². The number of nitrogens with zero attached hydrogens (tertiary/aromatic N) is 1. The average molecular weight is 297 g/mol. The molecule has 1 aliphatic heterocycles. The Balaban J connectivity index is 1.72. The maximum Gasteiger partial charge on any atom is 0.240 e. The highest BCUT2D eigenvalue weighted by molar-refractivity contribution is 5.86. The predicted molar refractivity (Wildman–Crippen MR) is 79.6 cm³/mol. The van der Waals surface area contributed by atoms with Crippen LogP contribution in [0, 0.1) is 5.92 Å². The molecule has 2 aliphatic rings. The van der Waals surface area contributed by atoms with Gasteiger partial charge in [-0.05, 0) is 18.8 Å². The number of rotatable bonds is 4. The second-order valence-corrected chi connectivity index (χ2v) is 6.36. The molecule has 120 valence electrons. The Morgan fingerprint density at radius 3 is 2.76 bits per heavy atom. The molecule has 0 bridgehead atoms. The lowest BCUT2D eigenvalue weighted by Crippen LogP contribution is -2.56. The van der Waals surface area contributed by atoms with Gasteiger partial charge in [0.1, 0.15) is 0 Å². The van der Waals surface area contributed by atoms with Crippen LogP contribution in [-0.2, 0) is 14.3 Å². The van der Waals surface area contributed by atoms with Gasteiger partial charge in [-0.2, -0.15) is 0 Å². The van der Waals surface area contributed by atoms with Crippen molar-refractivity contribution >= 4 is 11.8 Å². The van der Waals surface area contributed by atoms with Crippen LogP contribution in [0.4, 0.5) is 0 Å². The highest BCUT2D eigenvalue weighted by atomic mass is 16.5. The van der Waals surface area contributed by atoms with Gasteiger partial charge in [0.25, 0.3) is 0 Å². The summed E-state index contributed by atoms with van der Waals surface area (Å²) in [4.78, 5) is 26.0. The van der Waals surface area contributed by atoms with Gasteiger partial charge in [-0.1, -0.05) is 19.8 Å². The summed E-state index contributed by atoms with van der Waals surface area (Å²) in [5.41, 5.74) is 5.48. The lowest BCUT2D eigenvalue weighted by molar-refractivity contribution is -0.135. The Labute approximate surface area is 126 Å². The van der Waals surface area contributed by atoms with Gasteiger partial charge in [0.05, 0.1) is 18.8 Å². The summed E-state index contributed by atoms with van der Waals surface area (Å²) in [6, 6.07) is 0. The minimum Gasteiger partial charge on any atom is -0.378 e. The van der Waals surface area contributed by atoms with Crippen molar-refractivity contribution in [3.63, 3.8) is 0 Å². The summed E-state index contributed by atoms with van der Waals surface area (Å²) in [5.74, 6) is 0.454. The van der Waals surface area contributed by atoms with E-state index in [9.17, 15) is 9.59 Å². The second-order valence-electron chi connectivity index (χ2n) is 6.36. The third-order valence-corrected chi connectivity index (χ3v) is 4.47. The summed E-state index contributed by atoms with van der Waals surface area (Å²) in [7, 11) is 0. The summed E-state index contributed by atoms with van der Waals surface area (Å²) < 4.78 is 5.22. The Bertz CT molecular complexity index is 382. The average Bonchev–Trinajstić information content (AvgIpc) is 2.47. The Morgan fingerprint density at radius 2 is 2.10 bits per heavy atom. The van der Waals surface area contributed by atoms with Gasteiger partial charge in [0.2, 0.25) is 11.8 Å². The molecule has 1 saturated heterocycles. The Hall–Kier alpha value is -1.14. The number of hydrogen-bond donors (Lipinski definition) is 2. The first-order valence-corrected chi connectivity index (χ1v) is 7.94. The predicted octanol–water partition coefficient (Wildman–Crippen LogP) is 0.259. The first-order valence-electron chi connectivity index (χ1n) is 7.94. The van der Waals surface area contributed by atoms with Crippen molar-refractivity contribution in [1.82, 2.24) is 10.2 Å². The van der Waals surface area contributed by atoms with E-state index < -0.39 is 5.54 Å². The van der Waals surface area contributed by atoms with Crippen LogP contribution in [0.25, 0.3) is 0 Å². The first-order chi connectivity index (χ1) is 10.0. The maximum absolute atomic E-state index is 12.2. The summed E-state index contributed by atoms with van der Waals surface area (Å²) >= 11 is 0. The number of morpholine rings is 1. The van der Waals surface area contributed by atoms with Crippen LogP contribution in [0.15, 0.2) is 0 Å². The van der Waals surface area contributed by atoms with Crippen molar-refractivity contribution < 1.29 is 14.3 Å². The number of nitrogens with one attached hydrogen (secondary N) is 1. The van der Waals surface area contributed by atoms with Crippen LogP contribution in [0.2, 0.25) is 0 Å². The molecule has 6 heteroatoms. The van der Waals surface area contributed by atoms with Crippen LogP contribution in [0.3, 0.4) is 0 Å². The largest absolute Gasteiger partial charge is 0.378 e. The van der Waals surface area contributed by atoms with Crippen molar-refractivity contribution in [2.75, 3.05) is 32.8 Å². The molecule has 0 spiro atoms. The van der Waals surface area contributed by atoms with Gasteiger partial charge in [-0.25, -0.2) is 0 Å². The molecule has 0 aromatic carbocycles. The Morgan fingerprint density at radius 1 is 1.38 bits per heavy atom. The van der Waals surface area contributed by atoms with E-state index in [0.717, 1.165) is 25.7 Å². The fourth-order valence-corrected chi connectivity index (χ4v) is 3.23. The molecule has 2 rings (SSSR count). The zero-order valence-electron chi connectivity index (χ0n) is 12.9. The van der Waals surface area contributed by atoms with Crippen LogP contribution in [0.1, 0.15) is 39.0 Å². The molecule has 1 aliphatic carbocycles. The molecule has 1 saturated carbocycles. The molecule has 0 radical (unpaired) electrons. The van der Waals surface area contributed by atoms with Gasteiger partial charge in [-0.15, -0.1) is 0 Å². The number of carbonyl (C=O) groups excluding carboxylic acids is 2. The quantitative estimate of drug-likeness (QED) is 0.779. The van der Waals surface area contributed by atoms with E-state index in [-0.39, 0.29) is 11.8 Å². The van der Waals surface area contributed by atoms with Gasteiger partial charge >= 0.3 is 0 Å². The third kappa shape index (κ3) is 4.41. The monoisotopic (exact) mass is 297 g/mol. The molecule has 21 heavy (non-hydrogen) atoms. The summed E-state index contributed by atoms with van der Waals surface area (Å²) in [6.45, 7) is 4.98. The molecule has 2 fully saturated rings. The SMILES string of the molecule is CC1CCCC(N)(C(=O)NCCC(=O)N2CCOCC2)C1. The molecule has 1 heterocycles. The topological polar surface area (TPSA) is 84.7 Å². The zero-order valence-corrected chi connectivity index (χ0v) is 12.9. The molecule has 0 aromatic heterocycles. The van der Waals surface area contributed by atoms with Crippen LogP contribution in [-0.4, -0.2) is 55.1 Å². The van der Waals surface area contributed by atoms with Crippen LogP contribution < -0.4 is 11.1 Å². The zero-order chi connectivity index (χ0) is 15.3. The lowest BCUT2D eigenvalue weighted by Gasteiger charge is -2.35. The lowest BCUT2D eigenvalue weighted by atomic mass is 9.76. The minimum atomic E-state index is -0.750. The Kier molecular flexibility index (Phi) is 5.58. The van der Waals surface area contributed by atoms with Gasteiger partial charge < -0.3 is 20.7 Å². The highest BCUT2D eigenvalue weighted by Gasteiger charge is 2.37. The molecular weight excluding hydrogens is 270 g/mol. The highest BCUT2D eigenvalue weighted by Crippen LogP contribution is 2.30. The molecule has 3 N–H and O–H groups in total. The van der Waals surface area contributed by atoms with Crippen molar-refractivity contribution in [2.24, 2.45) is 11.7 Å². The van der Waals surface area contributed by atoms with Crippen molar-refractivity contribution in [1.29, 1.82) is 0 Å². The van der Waals surface area contributed by atoms with Gasteiger partial charge in [-0.3, -0.25) is 9.59 Å². The molecular formula is C15H27N3O3. The smallest absolute Gasteiger partial charge is 0.240 e. The molecule has 2 atom stereocenters. The number of carbonyl (C=O) groups is 2.